The summed E-state index contributed by atoms with van der Waals surface area (Å²) in [6.07, 6.45) is 4.60. The highest BCUT2D eigenvalue weighted by Gasteiger charge is 2.15. The van der Waals surface area contributed by atoms with Gasteiger partial charge in [-0.1, -0.05) is 0 Å². The van der Waals surface area contributed by atoms with Crippen LogP contribution in [0.2, 0.25) is 0 Å². The summed E-state index contributed by atoms with van der Waals surface area (Å²) >= 11 is 0. The summed E-state index contributed by atoms with van der Waals surface area (Å²) < 4.78 is 0. The van der Waals surface area contributed by atoms with Crippen molar-refractivity contribution in [2.24, 2.45) is 0 Å². The number of piperazine rings is 1. The Morgan fingerprint density at radius 2 is 1.87 bits per heavy atom. The number of rotatable bonds is 3. The average molecular weight is 205 g/mol. The van der Waals surface area contributed by atoms with E-state index in [1.807, 2.05) is 24.5 Å². The Labute approximate surface area is 89.5 Å². The third kappa shape index (κ3) is 2.53. The predicted octanol–water partition coefficient (Wildman–Crippen LogP) is 0.402. The summed E-state index contributed by atoms with van der Waals surface area (Å²) in [7, 11) is 0. The van der Waals surface area contributed by atoms with E-state index in [-0.39, 0.29) is 0 Å². The van der Waals surface area contributed by atoms with Crippen LogP contribution in [-0.4, -0.2) is 48.9 Å². The number of nitrogens with zero attached hydrogens (tertiary/aromatic N) is 3. The standard InChI is InChI=1S/C11H15N3O/c15-10-9-13-5-7-14(8-6-13)11-1-3-12-4-2-11/h1-4,10H,5-9H2. The van der Waals surface area contributed by atoms with Crippen LogP contribution in [0.1, 0.15) is 0 Å². The summed E-state index contributed by atoms with van der Waals surface area (Å²) in [5.74, 6) is 0. The minimum Gasteiger partial charge on any atom is -0.369 e. The normalized spacial score (nSPS) is 17.7. The number of pyridine rings is 1. The van der Waals surface area contributed by atoms with E-state index in [1.54, 1.807) is 0 Å². The van der Waals surface area contributed by atoms with E-state index in [4.69, 9.17) is 0 Å². The summed E-state index contributed by atoms with van der Waals surface area (Å²) in [4.78, 5) is 18.9. The van der Waals surface area contributed by atoms with Crippen molar-refractivity contribution >= 4 is 12.0 Å². The number of anilines is 1. The molecule has 0 aromatic carbocycles. The molecule has 1 aliphatic rings. The van der Waals surface area contributed by atoms with E-state index in [1.165, 1.54) is 5.69 Å². The fourth-order valence-corrected chi connectivity index (χ4v) is 1.85. The van der Waals surface area contributed by atoms with Crippen molar-refractivity contribution in [3.05, 3.63) is 24.5 Å². The lowest BCUT2D eigenvalue weighted by Crippen LogP contribution is -2.46. The molecule has 0 amide bonds. The van der Waals surface area contributed by atoms with Crippen LogP contribution in [0.3, 0.4) is 0 Å². The maximum atomic E-state index is 10.4. The first-order chi connectivity index (χ1) is 7.40. The molecule has 0 atom stereocenters. The third-order valence-corrected chi connectivity index (χ3v) is 2.73. The second kappa shape index (κ2) is 4.89. The van der Waals surface area contributed by atoms with E-state index < -0.39 is 0 Å². The molecule has 2 rings (SSSR count). The van der Waals surface area contributed by atoms with Gasteiger partial charge in [0.15, 0.2) is 0 Å². The number of carbonyl (C=O) groups is 1. The second-order valence-electron chi connectivity index (χ2n) is 3.66. The van der Waals surface area contributed by atoms with Gasteiger partial charge < -0.3 is 9.69 Å². The SMILES string of the molecule is O=CCN1CCN(c2ccncc2)CC1. The Kier molecular flexibility index (Phi) is 3.29. The van der Waals surface area contributed by atoms with E-state index in [0.29, 0.717) is 6.54 Å². The van der Waals surface area contributed by atoms with Crippen LogP contribution >= 0.6 is 0 Å². The quantitative estimate of drug-likeness (QED) is 0.669. The van der Waals surface area contributed by atoms with Crippen molar-refractivity contribution in [1.29, 1.82) is 0 Å². The van der Waals surface area contributed by atoms with Crippen molar-refractivity contribution in [1.82, 2.24) is 9.88 Å². The molecule has 4 nitrogen and oxygen atoms in total. The van der Waals surface area contributed by atoms with Crippen LogP contribution in [0, 0.1) is 0 Å². The maximum Gasteiger partial charge on any atom is 0.133 e. The number of aldehydes is 1. The molecule has 4 heteroatoms. The highest BCUT2D eigenvalue weighted by molar-refractivity contribution is 5.52. The molecule has 0 N–H and O–H groups in total. The van der Waals surface area contributed by atoms with Crippen LogP contribution < -0.4 is 4.90 Å². The topological polar surface area (TPSA) is 36.4 Å². The van der Waals surface area contributed by atoms with Gasteiger partial charge >= 0.3 is 0 Å². The van der Waals surface area contributed by atoms with Crippen LogP contribution in [0.5, 0.6) is 0 Å². The minimum absolute atomic E-state index is 0.560. The summed E-state index contributed by atoms with van der Waals surface area (Å²) in [5, 5.41) is 0. The molecule has 15 heavy (non-hydrogen) atoms. The fraction of sp³-hybridized carbons (Fsp3) is 0.455. The molecular formula is C11H15N3O. The van der Waals surface area contributed by atoms with Gasteiger partial charge in [0.05, 0.1) is 6.54 Å². The summed E-state index contributed by atoms with van der Waals surface area (Å²) in [5.41, 5.74) is 1.22. The smallest absolute Gasteiger partial charge is 0.133 e. The zero-order valence-electron chi connectivity index (χ0n) is 8.67. The van der Waals surface area contributed by atoms with Crippen molar-refractivity contribution in [2.75, 3.05) is 37.6 Å². The molecule has 0 saturated carbocycles. The highest BCUT2D eigenvalue weighted by Crippen LogP contribution is 2.14. The van der Waals surface area contributed by atoms with Crippen LogP contribution in [0.25, 0.3) is 0 Å². The Hall–Kier alpha value is -1.42. The van der Waals surface area contributed by atoms with Gasteiger partial charge in [-0.2, -0.15) is 0 Å². The molecule has 1 fully saturated rings. The van der Waals surface area contributed by atoms with Gasteiger partial charge in [0.2, 0.25) is 0 Å². The molecule has 1 saturated heterocycles. The number of carbonyl (C=O) groups excluding carboxylic acids is 1. The van der Waals surface area contributed by atoms with Crippen molar-refractivity contribution in [3.8, 4) is 0 Å². The zero-order valence-corrected chi connectivity index (χ0v) is 8.67. The van der Waals surface area contributed by atoms with Gasteiger partial charge in [-0.25, -0.2) is 0 Å². The first-order valence-electron chi connectivity index (χ1n) is 5.21. The van der Waals surface area contributed by atoms with E-state index >= 15 is 0 Å². The van der Waals surface area contributed by atoms with Gasteiger partial charge in [-0.15, -0.1) is 0 Å². The Morgan fingerprint density at radius 3 is 2.47 bits per heavy atom. The molecule has 0 spiro atoms. The molecule has 1 aromatic heterocycles. The van der Waals surface area contributed by atoms with Crippen LogP contribution in [-0.2, 0) is 4.79 Å². The monoisotopic (exact) mass is 205 g/mol. The first kappa shape index (κ1) is 10.1. The van der Waals surface area contributed by atoms with Crippen LogP contribution in [0.4, 0.5) is 5.69 Å². The van der Waals surface area contributed by atoms with Crippen molar-refractivity contribution < 1.29 is 4.79 Å². The lowest BCUT2D eigenvalue weighted by Gasteiger charge is -2.35. The number of hydrogen-bond donors (Lipinski definition) is 0. The van der Waals surface area contributed by atoms with Gasteiger partial charge in [-0.3, -0.25) is 9.88 Å². The van der Waals surface area contributed by atoms with Crippen molar-refractivity contribution in [2.45, 2.75) is 0 Å². The second-order valence-corrected chi connectivity index (χ2v) is 3.66. The minimum atomic E-state index is 0.560. The molecule has 2 heterocycles. The van der Waals surface area contributed by atoms with E-state index in [0.717, 1.165) is 32.5 Å². The zero-order chi connectivity index (χ0) is 10.5. The molecule has 0 aliphatic carbocycles. The fourth-order valence-electron chi connectivity index (χ4n) is 1.85. The van der Waals surface area contributed by atoms with Crippen LogP contribution in [0.15, 0.2) is 24.5 Å². The highest BCUT2D eigenvalue weighted by atomic mass is 16.1. The Bertz CT molecular complexity index is 307. The molecule has 80 valence electrons. The lowest BCUT2D eigenvalue weighted by molar-refractivity contribution is -0.108. The molecule has 0 radical (unpaired) electrons. The molecule has 0 unspecified atom stereocenters. The number of aromatic nitrogens is 1. The molecule has 1 aliphatic heterocycles. The van der Waals surface area contributed by atoms with Gasteiger partial charge in [0.1, 0.15) is 6.29 Å². The van der Waals surface area contributed by atoms with Gasteiger partial charge in [-0.05, 0) is 12.1 Å². The largest absolute Gasteiger partial charge is 0.369 e. The molecule has 0 bridgehead atoms. The van der Waals surface area contributed by atoms with Gasteiger partial charge in [0, 0.05) is 44.3 Å². The first-order valence-corrected chi connectivity index (χ1v) is 5.21. The Balaban J connectivity index is 1.91. The number of hydrogen-bond acceptors (Lipinski definition) is 4. The lowest BCUT2D eigenvalue weighted by atomic mass is 10.2. The third-order valence-electron chi connectivity index (χ3n) is 2.73. The van der Waals surface area contributed by atoms with Crippen molar-refractivity contribution in [3.63, 3.8) is 0 Å². The molecule has 1 aromatic rings. The van der Waals surface area contributed by atoms with E-state index in [9.17, 15) is 4.79 Å². The maximum absolute atomic E-state index is 10.4. The van der Waals surface area contributed by atoms with Gasteiger partial charge in [0.25, 0.3) is 0 Å². The average Bonchev–Trinajstić information content (AvgIpc) is 2.32. The Morgan fingerprint density at radius 1 is 1.20 bits per heavy atom. The predicted molar refractivity (Wildman–Crippen MR) is 59.0 cm³/mol. The van der Waals surface area contributed by atoms with E-state index in [2.05, 4.69) is 14.8 Å². The molecular weight excluding hydrogens is 190 g/mol. The summed E-state index contributed by atoms with van der Waals surface area (Å²) in [6.45, 7) is 4.45. The summed E-state index contributed by atoms with van der Waals surface area (Å²) in [6, 6.07) is 4.05.